The molecular weight excluding hydrogens is 278 g/mol. The Kier molecular flexibility index (Phi) is 5.98. The largest absolute Gasteiger partial charge is 0.489 e. The number of carbonyl (C=O) groups is 1. The van der Waals surface area contributed by atoms with Crippen LogP contribution < -0.4 is 10.1 Å². The molecule has 0 atom stereocenters. The van der Waals surface area contributed by atoms with E-state index in [1.165, 1.54) is 0 Å². The summed E-state index contributed by atoms with van der Waals surface area (Å²) >= 11 is 0. The summed E-state index contributed by atoms with van der Waals surface area (Å²) in [6, 6.07) is 14.9. The first kappa shape index (κ1) is 16.0. The van der Waals surface area contributed by atoms with Gasteiger partial charge in [-0.1, -0.05) is 30.3 Å². The van der Waals surface area contributed by atoms with Crippen LogP contribution in [0, 0.1) is 6.92 Å². The van der Waals surface area contributed by atoms with Crippen LogP contribution in [-0.4, -0.2) is 25.7 Å². The molecule has 0 spiro atoms. The number of rotatable bonds is 7. The van der Waals surface area contributed by atoms with Crippen molar-refractivity contribution in [1.82, 2.24) is 0 Å². The molecule has 0 aliphatic heterocycles. The van der Waals surface area contributed by atoms with E-state index in [-0.39, 0.29) is 5.91 Å². The Labute approximate surface area is 131 Å². The minimum atomic E-state index is -0.140. The molecule has 0 aliphatic rings. The van der Waals surface area contributed by atoms with Gasteiger partial charge in [0, 0.05) is 12.2 Å². The molecule has 1 amide bonds. The highest BCUT2D eigenvalue weighted by Crippen LogP contribution is 2.24. The number of hydrogen-bond acceptors (Lipinski definition) is 3. The molecule has 0 aliphatic carbocycles. The molecule has 22 heavy (non-hydrogen) atoms. The van der Waals surface area contributed by atoms with Gasteiger partial charge in [0.2, 0.25) is 0 Å². The monoisotopic (exact) mass is 299 g/mol. The quantitative estimate of drug-likeness (QED) is 0.794. The van der Waals surface area contributed by atoms with Crippen LogP contribution in [0.15, 0.2) is 48.5 Å². The van der Waals surface area contributed by atoms with Crippen LogP contribution >= 0.6 is 0 Å². The molecule has 0 heterocycles. The molecule has 0 bridgehead atoms. The molecule has 2 rings (SSSR count). The van der Waals surface area contributed by atoms with Crippen LogP contribution in [0.4, 0.5) is 5.69 Å². The second-order valence-electron chi connectivity index (χ2n) is 4.81. The zero-order valence-electron chi connectivity index (χ0n) is 13.0. The summed E-state index contributed by atoms with van der Waals surface area (Å²) in [5.41, 5.74) is 2.26. The van der Waals surface area contributed by atoms with Crippen LogP contribution in [0.5, 0.6) is 5.75 Å². The van der Waals surface area contributed by atoms with E-state index in [4.69, 9.17) is 9.47 Å². The Morgan fingerprint density at radius 2 is 1.77 bits per heavy atom. The molecule has 4 heteroatoms. The summed E-state index contributed by atoms with van der Waals surface area (Å²) < 4.78 is 10.9. The number of amides is 1. The number of nitrogens with one attached hydrogen (secondary N) is 1. The van der Waals surface area contributed by atoms with E-state index < -0.39 is 0 Å². The third-order valence-corrected chi connectivity index (χ3v) is 3.21. The second-order valence-corrected chi connectivity index (χ2v) is 4.81. The second kappa shape index (κ2) is 8.20. The lowest BCUT2D eigenvalue weighted by Gasteiger charge is -2.13. The fourth-order valence-electron chi connectivity index (χ4n) is 2.07. The molecule has 0 unspecified atom stereocenters. The van der Waals surface area contributed by atoms with Gasteiger partial charge in [0.25, 0.3) is 5.91 Å². The zero-order valence-corrected chi connectivity index (χ0v) is 13.0. The fourth-order valence-corrected chi connectivity index (χ4v) is 2.07. The van der Waals surface area contributed by atoms with Gasteiger partial charge >= 0.3 is 0 Å². The average Bonchev–Trinajstić information content (AvgIpc) is 2.53. The molecule has 2 aromatic carbocycles. The van der Waals surface area contributed by atoms with Crippen molar-refractivity contribution in [1.29, 1.82) is 0 Å². The van der Waals surface area contributed by atoms with Gasteiger partial charge in [-0.25, -0.2) is 0 Å². The number of aryl methyl sites for hydroxylation is 1. The predicted molar refractivity (Wildman–Crippen MR) is 87.6 cm³/mol. The highest BCUT2D eigenvalue weighted by atomic mass is 16.5. The van der Waals surface area contributed by atoms with Gasteiger partial charge < -0.3 is 14.8 Å². The van der Waals surface area contributed by atoms with Gasteiger partial charge in [0.1, 0.15) is 12.4 Å². The van der Waals surface area contributed by atoms with Gasteiger partial charge in [-0.05, 0) is 37.6 Å². The number of ether oxygens (including phenoxy) is 2. The van der Waals surface area contributed by atoms with Crippen molar-refractivity contribution in [3.05, 3.63) is 59.7 Å². The van der Waals surface area contributed by atoms with E-state index in [2.05, 4.69) is 5.32 Å². The van der Waals surface area contributed by atoms with Gasteiger partial charge in [-0.3, -0.25) is 4.79 Å². The minimum Gasteiger partial charge on any atom is -0.489 e. The van der Waals surface area contributed by atoms with Crippen molar-refractivity contribution >= 4 is 11.6 Å². The molecule has 1 N–H and O–H groups in total. The maximum Gasteiger partial charge on any atom is 0.256 e. The molecule has 116 valence electrons. The molecular formula is C18H21NO3. The van der Waals surface area contributed by atoms with Gasteiger partial charge in [0.15, 0.2) is 0 Å². The highest BCUT2D eigenvalue weighted by Gasteiger charge is 2.11. The van der Waals surface area contributed by atoms with Crippen LogP contribution in [-0.2, 0) is 4.74 Å². The summed E-state index contributed by atoms with van der Waals surface area (Å²) in [4.78, 5) is 12.4. The van der Waals surface area contributed by atoms with E-state index in [1.807, 2.05) is 62.4 Å². The maximum atomic E-state index is 12.4. The first-order chi connectivity index (χ1) is 10.7. The van der Waals surface area contributed by atoms with E-state index >= 15 is 0 Å². The summed E-state index contributed by atoms with van der Waals surface area (Å²) in [5, 5.41) is 2.90. The fraction of sp³-hybridized carbons (Fsp3) is 0.278. The molecule has 2 aromatic rings. The number of hydrogen-bond donors (Lipinski definition) is 1. The summed E-state index contributed by atoms with van der Waals surface area (Å²) in [5.74, 6) is 0.503. The lowest BCUT2D eigenvalue weighted by Crippen LogP contribution is -2.15. The first-order valence-corrected chi connectivity index (χ1v) is 7.39. The number of para-hydroxylation sites is 2. The zero-order chi connectivity index (χ0) is 15.8. The Hall–Kier alpha value is -2.33. The van der Waals surface area contributed by atoms with E-state index in [1.54, 1.807) is 0 Å². The SMILES string of the molecule is CCOCCOc1ccccc1NC(=O)c1ccccc1C. The van der Waals surface area contributed by atoms with Crippen molar-refractivity contribution in [2.75, 3.05) is 25.1 Å². The Bertz CT molecular complexity index is 625. The van der Waals surface area contributed by atoms with Gasteiger partial charge in [0.05, 0.1) is 12.3 Å². The molecule has 4 nitrogen and oxygen atoms in total. The minimum absolute atomic E-state index is 0.140. The maximum absolute atomic E-state index is 12.4. The van der Waals surface area contributed by atoms with E-state index in [0.29, 0.717) is 36.8 Å². The van der Waals surface area contributed by atoms with E-state index in [0.717, 1.165) is 5.56 Å². The Balaban J connectivity index is 2.06. The topological polar surface area (TPSA) is 47.6 Å². The molecule has 0 radical (unpaired) electrons. The molecule has 0 aromatic heterocycles. The smallest absolute Gasteiger partial charge is 0.256 e. The van der Waals surface area contributed by atoms with Crippen molar-refractivity contribution in [2.24, 2.45) is 0 Å². The normalized spacial score (nSPS) is 10.3. The van der Waals surface area contributed by atoms with Crippen molar-refractivity contribution in [3.8, 4) is 5.75 Å². The average molecular weight is 299 g/mol. The van der Waals surface area contributed by atoms with Crippen LogP contribution in [0.1, 0.15) is 22.8 Å². The lowest BCUT2D eigenvalue weighted by atomic mass is 10.1. The number of benzene rings is 2. The van der Waals surface area contributed by atoms with Crippen molar-refractivity contribution in [3.63, 3.8) is 0 Å². The molecule has 0 saturated carbocycles. The standard InChI is InChI=1S/C18H21NO3/c1-3-21-12-13-22-17-11-7-6-10-16(17)19-18(20)15-9-5-4-8-14(15)2/h4-11H,3,12-13H2,1-2H3,(H,19,20). The van der Waals surface area contributed by atoms with Gasteiger partial charge in [-0.15, -0.1) is 0 Å². The third kappa shape index (κ3) is 4.33. The number of carbonyl (C=O) groups excluding carboxylic acids is 1. The first-order valence-electron chi connectivity index (χ1n) is 7.39. The van der Waals surface area contributed by atoms with E-state index in [9.17, 15) is 4.79 Å². The summed E-state index contributed by atoms with van der Waals surface area (Å²) in [6.45, 7) is 5.49. The predicted octanol–water partition coefficient (Wildman–Crippen LogP) is 3.66. The van der Waals surface area contributed by atoms with Crippen molar-refractivity contribution in [2.45, 2.75) is 13.8 Å². The summed E-state index contributed by atoms with van der Waals surface area (Å²) in [7, 11) is 0. The molecule has 0 fully saturated rings. The number of anilines is 1. The highest BCUT2D eigenvalue weighted by molar-refractivity contribution is 6.05. The Morgan fingerprint density at radius 1 is 1.05 bits per heavy atom. The summed E-state index contributed by atoms with van der Waals surface area (Å²) in [6.07, 6.45) is 0. The van der Waals surface area contributed by atoms with Gasteiger partial charge in [-0.2, -0.15) is 0 Å². The van der Waals surface area contributed by atoms with Crippen molar-refractivity contribution < 1.29 is 14.3 Å². The van der Waals surface area contributed by atoms with Crippen LogP contribution in [0.2, 0.25) is 0 Å². The van der Waals surface area contributed by atoms with Crippen LogP contribution in [0.25, 0.3) is 0 Å². The lowest BCUT2D eigenvalue weighted by molar-refractivity contribution is 0.102. The van der Waals surface area contributed by atoms with Crippen LogP contribution in [0.3, 0.4) is 0 Å². The third-order valence-electron chi connectivity index (χ3n) is 3.21. The Morgan fingerprint density at radius 3 is 2.55 bits per heavy atom. The molecule has 0 saturated heterocycles.